The Morgan fingerprint density at radius 2 is 2.12 bits per heavy atom. The van der Waals surface area contributed by atoms with Crippen molar-refractivity contribution >= 4 is 28.6 Å². The summed E-state index contributed by atoms with van der Waals surface area (Å²) in [6.07, 6.45) is 0. The first-order chi connectivity index (χ1) is 11.5. The molecule has 0 atom stereocenters. The van der Waals surface area contributed by atoms with Crippen LogP contribution in [0.1, 0.15) is 20.4 Å². The molecule has 8 heteroatoms. The van der Waals surface area contributed by atoms with Crippen molar-refractivity contribution < 1.29 is 4.79 Å². The lowest BCUT2D eigenvalue weighted by Crippen LogP contribution is -2.31. The van der Waals surface area contributed by atoms with Crippen molar-refractivity contribution in [2.45, 2.75) is 20.4 Å². The Bertz CT molecular complexity index is 913. The quantitative estimate of drug-likeness (QED) is 0.758. The molecule has 0 unspecified atom stereocenters. The number of amides is 1. The summed E-state index contributed by atoms with van der Waals surface area (Å²) in [6.45, 7) is 4.33. The Labute approximate surface area is 146 Å². The summed E-state index contributed by atoms with van der Waals surface area (Å²) in [5, 5.41) is 10.0. The molecule has 24 heavy (non-hydrogen) atoms. The SMILES string of the molecule is Cc1nc(C)c(C(=O)NCCn2nc(-c3cccs3)ccc2=O)s1. The van der Waals surface area contributed by atoms with Gasteiger partial charge in [-0.05, 0) is 31.4 Å². The minimum Gasteiger partial charge on any atom is -0.349 e. The van der Waals surface area contributed by atoms with Gasteiger partial charge in [-0.15, -0.1) is 22.7 Å². The molecule has 0 saturated heterocycles. The molecule has 0 radical (unpaired) electrons. The van der Waals surface area contributed by atoms with Crippen molar-refractivity contribution in [3.63, 3.8) is 0 Å². The minimum atomic E-state index is -0.186. The standard InChI is InChI=1S/C16H16N4O2S2/c1-10-15(24-11(2)18-10)16(22)17-7-8-20-14(21)6-5-12(19-20)13-4-3-9-23-13/h3-6,9H,7-8H2,1-2H3,(H,17,22). The van der Waals surface area contributed by atoms with Crippen molar-refractivity contribution in [1.29, 1.82) is 0 Å². The molecule has 0 saturated carbocycles. The lowest BCUT2D eigenvalue weighted by Gasteiger charge is -2.07. The van der Waals surface area contributed by atoms with Gasteiger partial charge < -0.3 is 5.32 Å². The van der Waals surface area contributed by atoms with Crippen LogP contribution in [0.5, 0.6) is 0 Å². The van der Waals surface area contributed by atoms with Gasteiger partial charge in [0.2, 0.25) is 0 Å². The number of rotatable bonds is 5. The zero-order chi connectivity index (χ0) is 17.1. The van der Waals surface area contributed by atoms with Gasteiger partial charge in [-0.2, -0.15) is 5.10 Å². The largest absolute Gasteiger partial charge is 0.349 e. The molecule has 0 aromatic carbocycles. The van der Waals surface area contributed by atoms with E-state index in [0.29, 0.717) is 18.0 Å². The van der Waals surface area contributed by atoms with E-state index in [1.54, 1.807) is 17.4 Å². The second-order valence-corrected chi connectivity index (χ2v) is 7.31. The fourth-order valence-electron chi connectivity index (χ4n) is 2.26. The first-order valence-electron chi connectivity index (χ1n) is 7.39. The number of thiazole rings is 1. The van der Waals surface area contributed by atoms with Crippen LogP contribution in [0.4, 0.5) is 0 Å². The molecule has 0 aliphatic heterocycles. The number of carbonyl (C=O) groups excluding carboxylic acids is 1. The number of carbonyl (C=O) groups is 1. The molecule has 0 bridgehead atoms. The maximum Gasteiger partial charge on any atom is 0.266 e. The first-order valence-corrected chi connectivity index (χ1v) is 9.08. The number of aromatic nitrogens is 3. The molecule has 1 amide bonds. The van der Waals surface area contributed by atoms with E-state index in [2.05, 4.69) is 15.4 Å². The first kappa shape index (κ1) is 16.5. The Morgan fingerprint density at radius 3 is 2.79 bits per heavy atom. The van der Waals surface area contributed by atoms with Crippen LogP contribution in [-0.4, -0.2) is 27.2 Å². The number of nitrogens with one attached hydrogen (secondary N) is 1. The van der Waals surface area contributed by atoms with E-state index < -0.39 is 0 Å². The molecular weight excluding hydrogens is 344 g/mol. The second kappa shape index (κ2) is 7.06. The molecule has 3 aromatic rings. The number of nitrogens with zero attached hydrogens (tertiary/aromatic N) is 3. The molecule has 3 aromatic heterocycles. The van der Waals surface area contributed by atoms with Gasteiger partial charge in [0.05, 0.1) is 22.1 Å². The van der Waals surface area contributed by atoms with Crippen LogP contribution in [0.15, 0.2) is 34.4 Å². The summed E-state index contributed by atoms with van der Waals surface area (Å²) in [5.74, 6) is -0.166. The average molecular weight is 360 g/mol. The third kappa shape index (κ3) is 3.60. The average Bonchev–Trinajstić information content (AvgIpc) is 3.18. The fraction of sp³-hybridized carbons (Fsp3) is 0.250. The maximum atomic E-state index is 12.2. The molecule has 3 heterocycles. The van der Waals surface area contributed by atoms with Crippen molar-refractivity contribution in [1.82, 2.24) is 20.1 Å². The van der Waals surface area contributed by atoms with E-state index in [0.717, 1.165) is 21.3 Å². The summed E-state index contributed by atoms with van der Waals surface area (Å²) in [4.78, 5) is 29.9. The second-order valence-electron chi connectivity index (χ2n) is 5.16. The van der Waals surface area contributed by atoms with Gasteiger partial charge in [-0.25, -0.2) is 9.67 Å². The van der Waals surface area contributed by atoms with E-state index in [1.807, 2.05) is 31.4 Å². The molecular formula is C16H16N4O2S2. The molecule has 6 nitrogen and oxygen atoms in total. The molecule has 3 rings (SSSR count). The summed E-state index contributed by atoms with van der Waals surface area (Å²) in [5.41, 5.74) is 1.30. The zero-order valence-corrected chi connectivity index (χ0v) is 14.9. The number of aryl methyl sites for hydroxylation is 2. The Balaban J connectivity index is 1.66. The highest BCUT2D eigenvalue weighted by Gasteiger charge is 2.13. The lowest BCUT2D eigenvalue weighted by atomic mass is 10.3. The highest BCUT2D eigenvalue weighted by atomic mass is 32.1. The Morgan fingerprint density at radius 1 is 1.29 bits per heavy atom. The predicted molar refractivity (Wildman–Crippen MR) is 95.7 cm³/mol. The summed E-state index contributed by atoms with van der Waals surface area (Å²) < 4.78 is 1.38. The highest BCUT2D eigenvalue weighted by Crippen LogP contribution is 2.21. The minimum absolute atomic E-state index is 0.166. The van der Waals surface area contributed by atoms with Gasteiger partial charge in [0, 0.05) is 12.6 Å². The van der Waals surface area contributed by atoms with Crippen LogP contribution in [0.3, 0.4) is 0 Å². The fourth-order valence-corrected chi connectivity index (χ4v) is 3.79. The van der Waals surface area contributed by atoms with E-state index in [4.69, 9.17) is 0 Å². The monoisotopic (exact) mass is 360 g/mol. The van der Waals surface area contributed by atoms with E-state index >= 15 is 0 Å². The highest BCUT2D eigenvalue weighted by molar-refractivity contribution is 7.13. The van der Waals surface area contributed by atoms with Crippen LogP contribution in [-0.2, 0) is 6.54 Å². The van der Waals surface area contributed by atoms with Crippen LogP contribution in [0.2, 0.25) is 0 Å². The third-order valence-electron chi connectivity index (χ3n) is 3.36. The van der Waals surface area contributed by atoms with Crippen LogP contribution < -0.4 is 10.9 Å². The summed E-state index contributed by atoms with van der Waals surface area (Å²) in [6, 6.07) is 7.11. The molecule has 0 aliphatic rings. The van der Waals surface area contributed by atoms with Gasteiger partial charge in [-0.1, -0.05) is 6.07 Å². The maximum absolute atomic E-state index is 12.2. The molecule has 0 aliphatic carbocycles. The van der Waals surface area contributed by atoms with Crippen molar-refractivity contribution in [2.24, 2.45) is 0 Å². The van der Waals surface area contributed by atoms with Crippen molar-refractivity contribution in [3.8, 4) is 10.6 Å². The van der Waals surface area contributed by atoms with Crippen molar-refractivity contribution in [2.75, 3.05) is 6.54 Å². The smallest absolute Gasteiger partial charge is 0.266 e. The predicted octanol–water partition coefficient (Wildman–Crippen LogP) is 2.48. The number of hydrogen-bond donors (Lipinski definition) is 1. The molecule has 0 fully saturated rings. The van der Waals surface area contributed by atoms with Gasteiger partial charge in [0.15, 0.2) is 0 Å². The van der Waals surface area contributed by atoms with Crippen LogP contribution in [0.25, 0.3) is 10.6 Å². The summed E-state index contributed by atoms with van der Waals surface area (Å²) >= 11 is 2.93. The number of hydrogen-bond acceptors (Lipinski definition) is 6. The van der Waals surface area contributed by atoms with Gasteiger partial charge in [0.25, 0.3) is 11.5 Å². The molecule has 1 N–H and O–H groups in total. The van der Waals surface area contributed by atoms with Crippen LogP contribution >= 0.6 is 22.7 Å². The van der Waals surface area contributed by atoms with Gasteiger partial charge in [0.1, 0.15) is 10.6 Å². The Hall–Kier alpha value is -2.32. The normalized spacial score (nSPS) is 10.8. The summed E-state index contributed by atoms with van der Waals surface area (Å²) in [7, 11) is 0. The van der Waals surface area contributed by atoms with E-state index in [1.165, 1.54) is 22.1 Å². The van der Waals surface area contributed by atoms with Gasteiger partial charge >= 0.3 is 0 Å². The number of thiophene rings is 1. The molecule has 124 valence electrons. The zero-order valence-electron chi connectivity index (χ0n) is 13.3. The molecule has 0 spiro atoms. The van der Waals surface area contributed by atoms with E-state index in [9.17, 15) is 9.59 Å². The van der Waals surface area contributed by atoms with Crippen molar-refractivity contribution in [3.05, 3.63) is 55.6 Å². The Kier molecular flexibility index (Phi) is 4.86. The lowest BCUT2D eigenvalue weighted by molar-refractivity contribution is 0.0955. The van der Waals surface area contributed by atoms with Gasteiger partial charge in [-0.3, -0.25) is 9.59 Å². The van der Waals surface area contributed by atoms with Crippen LogP contribution in [0, 0.1) is 13.8 Å². The topological polar surface area (TPSA) is 76.9 Å². The van der Waals surface area contributed by atoms with E-state index in [-0.39, 0.29) is 11.5 Å². The third-order valence-corrected chi connectivity index (χ3v) is 5.32.